The molecule has 0 aliphatic rings. The molecule has 12 nitrogen and oxygen atoms in total. The first kappa shape index (κ1) is 28.4. The van der Waals surface area contributed by atoms with Crippen molar-refractivity contribution in [2.45, 2.75) is 17.2 Å². The summed E-state index contributed by atoms with van der Waals surface area (Å²) in [6.45, 7) is 0. The predicted octanol–water partition coefficient (Wildman–Crippen LogP) is -8.52. The van der Waals surface area contributed by atoms with Gasteiger partial charge in [-0.05, 0) is 6.42 Å². The summed E-state index contributed by atoms with van der Waals surface area (Å²) in [6, 6.07) is 0. The molecule has 0 aromatic carbocycles. The SMILES string of the molecule is O=P([O-])([O-])C(CC(P(=O)(O)O)P(=O)(O)O)P(=O)(O)O.[Na+].[Na+]. The summed E-state index contributed by atoms with van der Waals surface area (Å²) in [6.07, 6.45) is -1.86. The van der Waals surface area contributed by atoms with Crippen LogP contribution in [0, 0.1) is 0 Å². The molecule has 1 unspecified atom stereocenters. The van der Waals surface area contributed by atoms with E-state index in [0.29, 0.717) is 0 Å². The Balaban J connectivity index is -0.00000162. The van der Waals surface area contributed by atoms with Crippen LogP contribution in [0.5, 0.6) is 0 Å². The molecule has 0 amide bonds. The molecule has 0 saturated heterocycles. The van der Waals surface area contributed by atoms with E-state index in [4.69, 9.17) is 29.4 Å². The van der Waals surface area contributed by atoms with Gasteiger partial charge in [0.1, 0.15) is 0 Å². The molecule has 0 aliphatic carbocycles. The van der Waals surface area contributed by atoms with E-state index in [0.717, 1.165) is 0 Å². The summed E-state index contributed by atoms with van der Waals surface area (Å²) < 4.78 is 43.1. The molecule has 0 rings (SSSR count). The molecule has 116 valence electrons. The van der Waals surface area contributed by atoms with Crippen molar-refractivity contribution in [3.8, 4) is 0 Å². The van der Waals surface area contributed by atoms with Crippen molar-refractivity contribution in [1.29, 1.82) is 0 Å². The Morgan fingerprint density at radius 3 is 1.05 bits per heavy atom. The topological polar surface area (TPSA) is 236 Å². The van der Waals surface area contributed by atoms with Crippen LogP contribution in [0.25, 0.3) is 0 Å². The van der Waals surface area contributed by atoms with Crippen LogP contribution >= 0.6 is 30.4 Å². The van der Waals surface area contributed by atoms with Crippen LogP contribution in [-0.4, -0.2) is 40.2 Å². The zero-order valence-electron chi connectivity index (χ0n) is 10.8. The van der Waals surface area contributed by atoms with Crippen molar-refractivity contribution >= 4 is 30.4 Å². The maximum Gasteiger partial charge on any atom is 1.00 e. The van der Waals surface area contributed by atoms with Crippen LogP contribution < -0.4 is 68.9 Å². The van der Waals surface area contributed by atoms with Crippen LogP contribution in [0.15, 0.2) is 0 Å². The van der Waals surface area contributed by atoms with Crippen LogP contribution in [0.2, 0.25) is 0 Å². The molecule has 0 fully saturated rings. The molecule has 0 aromatic heterocycles. The molecular formula is C3H10Na2O12P4. The summed E-state index contributed by atoms with van der Waals surface area (Å²) in [5, 5.41) is -6.13. The van der Waals surface area contributed by atoms with Crippen LogP contribution in [-0.2, 0) is 18.3 Å². The number of hydrogen-bond donors (Lipinski definition) is 6. The van der Waals surface area contributed by atoms with Crippen molar-refractivity contribution in [3.63, 3.8) is 0 Å². The minimum atomic E-state index is -6.04. The predicted molar refractivity (Wildman–Crippen MR) is 55.9 cm³/mol. The summed E-state index contributed by atoms with van der Waals surface area (Å²) in [5.41, 5.74) is 0. The quantitative estimate of drug-likeness (QED) is 0.178. The summed E-state index contributed by atoms with van der Waals surface area (Å²) in [5.74, 6) is 0. The Hall–Kier alpha value is 2.60. The maximum absolute atomic E-state index is 10.8. The van der Waals surface area contributed by atoms with Gasteiger partial charge in [-0.3, -0.25) is 13.7 Å². The van der Waals surface area contributed by atoms with Crippen molar-refractivity contribution < 1.29 is 117 Å². The second-order valence-corrected chi connectivity index (χ2v) is 11.4. The van der Waals surface area contributed by atoms with Crippen molar-refractivity contribution in [3.05, 3.63) is 0 Å². The summed E-state index contributed by atoms with van der Waals surface area (Å²) in [4.78, 5) is 73.2. The van der Waals surface area contributed by atoms with Gasteiger partial charge in [-0.15, -0.1) is 0 Å². The molecule has 1 atom stereocenters. The average Bonchev–Trinajstić information content (AvgIpc) is 1.91. The fourth-order valence-electron chi connectivity index (χ4n) is 1.11. The zero-order chi connectivity index (χ0) is 15.9. The molecule has 21 heavy (non-hydrogen) atoms. The Kier molecular flexibility index (Phi) is 12.6. The average molecular weight is 408 g/mol. The number of hydrogen-bond acceptors (Lipinski definition) is 6. The molecule has 0 heterocycles. The molecule has 0 saturated carbocycles. The summed E-state index contributed by atoms with van der Waals surface area (Å²) >= 11 is 0. The normalized spacial score (nSPS) is 15.1. The molecule has 0 bridgehead atoms. The van der Waals surface area contributed by atoms with Gasteiger partial charge >= 0.3 is 81.9 Å². The third kappa shape index (κ3) is 10.2. The zero-order valence-corrected chi connectivity index (χ0v) is 18.4. The largest absolute Gasteiger partial charge is 1.00 e. The molecule has 0 radical (unpaired) electrons. The van der Waals surface area contributed by atoms with Gasteiger partial charge in [0.15, 0.2) is 5.40 Å². The van der Waals surface area contributed by atoms with Crippen molar-refractivity contribution in [2.24, 2.45) is 0 Å². The van der Waals surface area contributed by atoms with E-state index < -0.39 is 47.6 Å². The molecular weight excluding hydrogens is 398 g/mol. The van der Waals surface area contributed by atoms with Crippen LogP contribution in [0.3, 0.4) is 0 Å². The van der Waals surface area contributed by atoms with Gasteiger partial charge in [0.05, 0.1) is 5.40 Å². The van der Waals surface area contributed by atoms with Gasteiger partial charge in [0.2, 0.25) is 0 Å². The van der Waals surface area contributed by atoms with Crippen molar-refractivity contribution in [1.82, 2.24) is 0 Å². The first-order chi connectivity index (χ1) is 7.97. The van der Waals surface area contributed by atoms with Gasteiger partial charge < -0.3 is 43.7 Å². The van der Waals surface area contributed by atoms with Gasteiger partial charge in [-0.2, -0.15) is 0 Å². The Labute approximate surface area is 163 Å². The molecule has 0 spiro atoms. The summed E-state index contributed by atoms with van der Waals surface area (Å²) in [7, 11) is -22.9. The van der Waals surface area contributed by atoms with E-state index in [-0.39, 0.29) is 59.1 Å². The fraction of sp³-hybridized carbons (Fsp3) is 1.00. The number of rotatable bonds is 6. The van der Waals surface area contributed by atoms with E-state index >= 15 is 0 Å². The third-order valence-electron chi connectivity index (χ3n) is 1.95. The first-order valence-electron chi connectivity index (χ1n) is 4.14. The Morgan fingerprint density at radius 2 is 0.905 bits per heavy atom. The van der Waals surface area contributed by atoms with E-state index in [1.807, 2.05) is 0 Å². The second kappa shape index (κ2) is 9.34. The minimum Gasteiger partial charge on any atom is -0.810 e. The smallest absolute Gasteiger partial charge is 0.810 e. The standard InChI is InChI=1S/C3H12O12P4.2Na/c4-16(5,6)2(17(7,8)9)1-3(18(10,11)12)19(13,14)15;;/h2-3H,1H2,(H2,4,5,6)(H2,7,8,9)(H2,10,11,12)(H2,13,14,15);;/q;2*+1/p-2. The van der Waals surface area contributed by atoms with Gasteiger partial charge in [-0.25, -0.2) is 0 Å². The van der Waals surface area contributed by atoms with Crippen molar-refractivity contribution in [2.75, 3.05) is 0 Å². The Morgan fingerprint density at radius 1 is 0.667 bits per heavy atom. The van der Waals surface area contributed by atoms with Gasteiger partial charge in [0.25, 0.3) is 0 Å². The van der Waals surface area contributed by atoms with E-state index in [1.54, 1.807) is 0 Å². The molecule has 18 heteroatoms. The first-order valence-corrected chi connectivity index (χ1v) is 10.8. The van der Waals surface area contributed by atoms with Crippen LogP contribution in [0.1, 0.15) is 6.42 Å². The van der Waals surface area contributed by atoms with Crippen LogP contribution in [0.4, 0.5) is 0 Å². The van der Waals surface area contributed by atoms with E-state index in [1.165, 1.54) is 0 Å². The minimum absolute atomic E-state index is 0. The van der Waals surface area contributed by atoms with Gasteiger partial charge in [-0.1, -0.05) is 7.60 Å². The molecule has 0 aromatic rings. The maximum atomic E-state index is 10.8. The third-order valence-corrected chi connectivity index (χ3v) is 9.41. The molecule has 6 N–H and O–H groups in total. The van der Waals surface area contributed by atoms with E-state index in [2.05, 4.69) is 0 Å². The Bertz CT molecular complexity index is 419. The monoisotopic (exact) mass is 408 g/mol. The van der Waals surface area contributed by atoms with E-state index in [9.17, 15) is 28.0 Å². The second-order valence-electron chi connectivity index (χ2n) is 3.50. The fourth-order valence-corrected chi connectivity index (χ4v) is 6.74. The van der Waals surface area contributed by atoms with Gasteiger partial charge in [0, 0.05) is 0 Å². The molecule has 0 aliphatic heterocycles.